The predicted octanol–water partition coefficient (Wildman–Crippen LogP) is 2.87. The third-order valence-electron chi connectivity index (χ3n) is 2.09. The maximum absolute atomic E-state index is 8.38. The molecule has 15 heavy (non-hydrogen) atoms. The van der Waals surface area contributed by atoms with Crippen LogP contribution in [0.15, 0.2) is 30.3 Å². The SMILES string of the molecule is N#C[Se]CCCCCNc1ccccc1. The Morgan fingerprint density at radius 3 is 2.67 bits per heavy atom. The predicted molar refractivity (Wildman–Crippen MR) is 65.0 cm³/mol. The Labute approximate surface area is 97.8 Å². The fourth-order valence-electron chi connectivity index (χ4n) is 1.31. The van der Waals surface area contributed by atoms with Gasteiger partial charge in [-0.1, -0.05) is 0 Å². The van der Waals surface area contributed by atoms with E-state index < -0.39 is 0 Å². The van der Waals surface area contributed by atoms with Gasteiger partial charge in [0.15, 0.2) is 0 Å². The number of anilines is 1. The average molecular weight is 267 g/mol. The molecule has 0 heterocycles. The van der Waals surface area contributed by atoms with E-state index in [1.807, 2.05) is 18.2 Å². The van der Waals surface area contributed by atoms with E-state index in [-0.39, 0.29) is 15.0 Å². The van der Waals surface area contributed by atoms with Crippen molar-refractivity contribution >= 4 is 20.6 Å². The number of nitrogens with one attached hydrogen (secondary N) is 1. The third kappa shape index (κ3) is 6.17. The van der Waals surface area contributed by atoms with Crippen molar-refractivity contribution in [2.45, 2.75) is 24.6 Å². The first-order valence-electron chi connectivity index (χ1n) is 5.23. The Hall–Kier alpha value is -0.971. The van der Waals surface area contributed by atoms with Crippen LogP contribution in [-0.2, 0) is 0 Å². The molecule has 2 nitrogen and oxygen atoms in total. The van der Waals surface area contributed by atoms with Crippen LogP contribution in [0.2, 0.25) is 5.32 Å². The van der Waals surface area contributed by atoms with Gasteiger partial charge in [-0.25, -0.2) is 0 Å². The molecule has 0 aromatic heterocycles. The molecule has 80 valence electrons. The minimum absolute atomic E-state index is 0.215. The van der Waals surface area contributed by atoms with Crippen molar-refractivity contribution in [3.8, 4) is 4.97 Å². The third-order valence-corrected chi connectivity index (χ3v) is 3.40. The zero-order valence-corrected chi connectivity index (χ0v) is 10.5. The van der Waals surface area contributed by atoms with Crippen molar-refractivity contribution in [3.63, 3.8) is 0 Å². The summed E-state index contributed by atoms with van der Waals surface area (Å²) < 4.78 is 0. The Morgan fingerprint density at radius 2 is 1.93 bits per heavy atom. The molecule has 1 aromatic carbocycles. The summed E-state index contributed by atoms with van der Waals surface area (Å²) in [6.45, 7) is 1.03. The summed E-state index contributed by atoms with van der Waals surface area (Å²) in [7, 11) is 0. The first-order valence-corrected chi connectivity index (χ1v) is 7.30. The molecule has 0 saturated carbocycles. The molecular formula is C12H16N2Se. The molecule has 0 saturated heterocycles. The van der Waals surface area contributed by atoms with E-state index in [2.05, 4.69) is 22.4 Å². The summed E-state index contributed by atoms with van der Waals surface area (Å²) in [5.41, 5.74) is 1.19. The van der Waals surface area contributed by atoms with Gasteiger partial charge in [-0.2, -0.15) is 0 Å². The zero-order valence-electron chi connectivity index (χ0n) is 8.78. The van der Waals surface area contributed by atoms with Gasteiger partial charge < -0.3 is 0 Å². The van der Waals surface area contributed by atoms with Crippen LogP contribution >= 0.6 is 0 Å². The standard InChI is InChI=1S/C12H16N2Se/c13-11-15-10-6-2-5-9-14-12-7-3-1-4-8-12/h1,3-4,7-8,14H,2,5-6,9-10H2. The molecule has 1 rings (SSSR count). The topological polar surface area (TPSA) is 35.8 Å². The number of hydrogen-bond acceptors (Lipinski definition) is 2. The van der Waals surface area contributed by atoms with Crippen LogP contribution in [0.25, 0.3) is 0 Å². The molecule has 1 aromatic rings. The molecule has 0 unspecified atom stereocenters. The fourth-order valence-corrected chi connectivity index (χ4v) is 2.23. The number of unbranched alkanes of at least 4 members (excludes halogenated alkanes) is 2. The second kappa shape index (κ2) is 8.35. The normalized spacial score (nSPS) is 9.53. The number of nitrogens with zero attached hydrogens (tertiary/aromatic N) is 1. The van der Waals surface area contributed by atoms with Gasteiger partial charge in [0.1, 0.15) is 0 Å². The molecule has 0 amide bonds. The van der Waals surface area contributed by atoms with E-state index in [9.17, 15) is 0 Å². The maximum atomic E-state index is 8.38. The molecular weight excluding hydrogens is 251 g/mol. The Bertz CT molecular complexity index is 292. The van der Waals surface area contributed by atoms with Crippen molar-refractivity contribution in [2.75, 3.05) is 11.9 Å². The van der Waals surface area contributed by atoms with E-state index in [4.69, 9.17) is 5.26 Å². The molecule has 0 fully saturated rings. The molecule has 0 spiro atoms. The van der Waals surface area contributed by atoms with E-state index in [1.54, 1.807) is 0 Å². The molecule has 0 aliphatic heterocycles. The van der Waals surface area contributed by atoms with E-state index in [1.165, 1.54) is 24.9 Å². The molecule has 0 bridgehead atoms. The fraction of sp³-hybridized carbons (Fsp3) is 0.417. The van der Waals surface area contributed by atoms with Crippen molar-refractivity contribution in [3.05, 3.63) is 30.3 Å². The van der Waals surface area contributed by atoms with Gasteiger partial charge in [0.05, 0.1) is 0 Å². The second-order valence-electron chi connectivity index (χ2n) is 3.29. The summed E-state index contributed by atoms with van der Waals surface area (Å²) >= 11 is 0.215. The van der Waals surface area contributed by atoms with Crippen LogP contribution in [0, 0.1) is 10.2 Å². The molecule has 0 aliphatic carbocycles. The van der Waals surface area contributed by atoms with Gasteiger partial charge in [0, 0.05) is 0 Å². The van der Waals surface area contributed by atoms with Crippen LogP contribution in [0.5, 0.6) is 0 Å². The minimum atomic E-state index is 0.215. The van der Waals surface area contributed by atoms with E-state index in [0.717, 1.165) is 11.9 Å². The number of benzene rings is 1. The van der Waals surface area contributed by atoms with Crippen molar-refractivity contribution in [1.82, 2.24) is 0 Å². The van der Waals surface area contributed by atoms with Crippen LogP contribution in [0.1, 0.15) is 19.3 Å². The number of para-hydroxylation sites is 1. The molecule has 0 radical (unpaired) electrons. The van der Waals surface area contributed by atoms with Gasteiger partial charge in [0.25, 0.3) is 0 Å². The Balaban J connectivity index is 1.96. The summed E-state index contributed by atoms with van der Waals surface area (Å²) in [6.07, 6.45) is 3.61. The quantitative estimate of drug-likeness (QED) is 0.609. The summed E-state index contributed by atoms with van der Waals surface area (Å²) in [4.78, 5) is 2.23. The zero-order chi connectivity index (χ0) is 10.8. The molecule has 3 heteroatoms. The summed E-state index contributed by atoms with van der Waals surface area (Å²) in [5.74, 6) is 0. The summed E-state index contributed by atoms with van der Waals surface area (Å²) in [5, 5.41) is 12.9. The second-order valence-corrected chi connectivity index (χ2v) is 5.14. The van der Waals surface area contributed by atoms with Crippen molar-refractivity contribution in [1.29, 1.82) is 5.26 Å². The van der Waals surface area contributed by atoms with Crippen LogP contribution in [0.3, 0.4) is 0 Å². The molecule has 0 aliphatic rings. The van der Waals surface area contributed by atoms with Gasteiger partial charge in [-0.05, 0) is 0 Å². The number of rotatable bonds is 7. The van der Waals surface area contributed by atoms with Gasteiger partial charge in [0.2, 0.25) is 0 Å². The average Bonchev–Trinajstić information content (AvgIpc) is 2.29. The van der Waals surface area contributed by atoms with Crippen molar-refractivity contribution in [2.24, 2.45) is 0 Å². The molecule has 0 atom stereocenters. The number of nitriles is 1. The van der Waals surface area contributed by atoms with Crippen molar-refractivity contribution < 1.29 is 0 Å². The molecule has 1 N–H and O–H groups in total. The Morgan fingerprint density at radius 1 is 1.13 bits per heavy atom. The first-order chi connectivity index (χ1) is 7.43. The number of hydrogen-bond donors (Lipinski definition) is 1. The van der Waals surface area contributed by atoms with Gasteiger partial charge in [-0.3, -0.25) is 0 Å². The Kier molecular flexibility index (Phi) is 6.73. The first kappa shape index (κ1) is 12.1. The van der Waals surface area contributed by atoms with Crippen LogP contribution in [-0.4, -0.2) is 21.5 Å². The summed E-state index contributed by atoms with van der Waals surface area (Å²) in [6, 6.07) is 10.3. The van der Waals surface area contributed by atoms with E-state index in [0.29, 0.717) is 0 Å². The van der Waals surface area contributed by atoms with Gasteiger partial charge in [-0.15, -0.1) is 0 Å². The van der Waals surface area contributed by atoms with Crippen LogP contribution in [0.4, 0.5) is 5.69 Å². The van der Waals surface area contributed by atoms with Crippen LogP contribution < -0.4 is 5.32 Å². The monoisotopic (exact) mass is 268 g/mol. The van der Waals surface area contributed by atoms with Gasteiger partial charge >= 0.3 is 97.6 Å². The van der Waals surface area contributed by atoms with E-state index >= 15 is 0 Å².